The van der Waals surface area contributed by atoms with Crippen LogP contribution >= 0.6 is 0 Å². The van der Waals surface area contributed by atoms with E-state index in [2.05, 4.69) is 0 Å². The Labute approximate surface area is 111 Å². The standard InChI is InChI=1S/C15H16O4/c1-7-4-8-6-9-10(16)2-3-11(17)14(9)15(19)13(8)12(18)5-7/h2-3,7-8,16-17,19H,4-6H2,1H3. The molecule has 2 unspecified atom stereocenters. The van der Waals surface area contributed by atoms with Gasteiger partial charge < -0.3 is 15.3 Å². The monoisotopic (exact) mass is 260 g/mol. The number of hydrogen-bond donors (Lipinski definition) is 3. The highest BCUT2D eigenvalue weighted by Crippen LogP contribution is 2.46. The highest BCUT2D eigenvalue weighted by molar-refractivity contribution is 6.04. The van der Waals surface area contributed by atoms with Crippen LogP contribution in [0.5, 0.6) is 11.5 Å². The van der Waals surface area contributed by atoms with Crippen molar-refractivity contribution in [1.82, 2.24) is 0 Å². The molecule has 0 heterocycles. The summed E-state index contributed by atoms with van der Waals surface area (Å²) in [6.45, 7) is 2.02. The van der Waals surface area contributed by atoms with Crippen LogP contribution in [0.25, 0.3) is 5.76 Å². The molecule has 1 aromatic carbocycles. The van der Waals surface area contributed by atoms with Crippen molar-refractivity contribution in [2.75, 3.05) is 0 Å². The molecule has 0 amide bonds. The summed E-state index contributed by atoms with van der Waals surface area (Å²) in [7, 11) is 0. The molecule has 100 valence electrons. The number of phenols is 2. The smallest absolute Gasteiger partial charge is 0.163 e. The number of carbonyl (C=O) groups is 1. The van der Waals surface area contributed by atoms with Gasteiger partial charge in [-0.05, 0) is 36.8 Å². The molecule has 2 aliphatic rings. The van der Waals surface area contributed by atoms with Gasteiger partial charge in [-0.25, -0.2) is 0 Å². The molecule has 0 spiro atoms. The van der Waals surface area contributed by atoms with Crippen LogP contribution in [0, 0.1) is 11.8 Å². The summed E-state index contributed by atoms with van der Waals surface area (Å²) in [4.78, 5) is 12.1. The number of ketones is 1. The Morgan fingerprint density at radius 3 is 2.53 bits per heavy atom. The van der Waals surface area contributed by atoms with Crippen LogP contribution in [0.3, 0.4) is 0 Å². The molecule has 3 N–H and O–H groups in total. The van der Waals surface area contributed by atoms with Gasteiger partial charge in [-0.3, -0.25) is 4.79 Å². The second kappa shape index (κ2) is 4.02. The van der Waals surface area contributed by atoms with Crippen LogP contribution in [-0.2, 0) is 11.2 Å². The lowest BCUT2D eigenvalue weighted by molar-refractivity contribution is -0.118. The van der Waals surface area contributed by atoms with Crippen LogP contribution in [-0.4, -0.2) is 21.1 Å². The fourth-order valence-corrected chi connectivity index (χ4v) is 3.33. The predicted octanol–water partition coefficient (Wildman–Crippen LogP) is 2.54. The van der Waals surface area contributed by atoms with E-state index < -0.39 is 0 Å². The highest BCUT2D eigenvalue weighted by atomic mass is 16.3. The Kier molecular flexibility index (Phi) is 2.55. The van der Waals surface area contributed by atoms with Gasteiger partial charge >= 0.3 is 0 Å². The third-order valence-corrected chi connectivity index (χ3v) is 4.14. The van der Waals surface area contributed by atoms with Gasteiger partial charge in [0, 0.05) is 17.6 Å². The molecule has 19 heavy (non-hydrogen) atoms. The van der Waals surface area contributed by atoms with Gasteiger partial charge in [-0.2, -0.15) is 0 Å². The van der Waals surface area contributed by atoms with Gasteiger partial charge in [0.2, 0.25) is 0 Å². The van der Waals surface area contributed by atoms with E-state index >= 15 is 0 Å². The average Bonchev–Trinajstić information content (AvgIpc) is 2.32. The molecule has 2 aliphatic carbocycles. The first-order valence-electron chi connectivity index (χ1n) is 6.49. The fraction of sp³-hybridized carbons (Fsp3) is 0.400. The Morgan fingerprint density at radius 1 is 1.11 bits per heavy atom. The molecule has 2 atom stereocenters. The molecule has 0 aromatic heterocycles. The number of Topliss-reactive ketones (excluding diaryl/α,β-unsaturated/α-hetero) is 1. The maximum Gasteiger partial charge on any atom is 0.163 e. The minimum Gasteiger partial charge on any atom is -0.508 e. The maximum atomic E-state index is 12.1. The van der Waals surface area contributed by atoms with E-state index in [1.54, 1.807) is 0 Å². The highest BCUT2D eigenvalue weighted by Gasteiger charge is 2.38. The zero-order chi connectivity index (χ0) is 13.7. The quantitative estimate of drug-likeness (QED) is 0.626. The number of aliphatic hydroxyl groups is 1. The van der Waals surface area contributed by atoms with E-state index in [-0.39, 0.29) is 40.4 Å². The minimum absolute atomic E-state index is 0.0466. The summed E-state index contributed by atoms with van der Waals surface area (Å²) in [5.41, 5.74) is 1.17. The van der Waals surface area contributed by atoms with E-state index in [1.807, 2.05) is 6.92 Å². The first-order valence-corrected chi connectivity index (χ1v) is 6.49. The molecule has 4 heteroatoms. The number of benzene rings is 1. The lowest BCUT2D eigenvalue weighted by Crippen LogP contribution is -2.30. The Bertz CT molecular complexity index is 600. The van der Waals surface area contributed by atoms with E-state index in [1.165, 1.54) is 12.1 Å². The van der Waals surface area contributed by atoms with Crippen LogP contribution in [0.2, 0.25) is 0 Å². The van der Waals surface area contributed by atoms with Gasteiger partial charge in [-0.15, -0.1) is 0 Å². The van der Waals surface area contributed by atoms with Crippen LogP contribution in [0.4, 0.5) is 0 Å². The summed E-state index contributed by atoms with van der Waals surface area (Å²) < 4.78 is 0. The molecule has 0 bridgehead atoms. The second-order valence-corrected chi connectivity index (χ2v) is 5.59. The molecular formula is C15H16O4. The Morgan fingerprint density at radius 2 is 1.79 bits per heavy atom. The van der Waals surface area contributed by atoms with E-state index in [4.69, 9.17) is 0 Å². The molecule has 1 aromatic rings. The lowest BCUT2D eigenvalue weighted by atomic mass is 9.70. The van der Waals surface area contributed by atoms with E-state index in [0.717, 1.165) is 6.42 Å². The number of carbonyl (C=O) groups excluding carboxylic acids is 1. The zero-order valence-electron chi connectivity index (χ0n) is 10.7. The van der Waals surface area contributed by atoms with Gasteiger partial charge in [0.25, 0.3) is 0 Å². The zero-order valence-corrected chi connectivity index (χ0v) is 10.7. The average molecular weight is 260 g/mol. The number of allylic oxidation sites excluding steroid dienone is 1. The van der Waals surface area contributed by atoms with Crippen molar-refractivity contribution in [1.29, 1.82) is 0 Å². The van der Waals surface area contributed by atoms with Gasteiger partial charge in [0.1, 0.15) is 17.3 Å². The van der Waals surface area contributed by atoms with Crippen molar-refractivity contribution in [2.24, 2.45) is 11.8 Å². The second-order valence-electron chi connectivity index (χ2n) is 5.59. The summed E-state index contributed by atoms with van der Waals surface area (Å²) in [6, 6.07) is 2.75. The van der Waals surface area contributed by atoms with Crippen molar-refractivity contribution in [2.45, 2.75) is 26.2 Å². The van der Waals surface area contributed by atoms with Crippen molar-refractivity contribution in [3.8, 4) is 11.5 Å². The molecule has 0 radical (unpaired) electrons. The normalized spacial score (nSPS) is 26.1. The fourth-order valence-electron chi connectivity index (χ4n) is 3.33. The largest absolute Gasteiger partial charge is 0.508 e. The van der Waals surface area contributed by atoms with Crippen molar-refractivity contribution >= 4 is 11.5 Å². The number of hydrogen-bond acceptors (Lipinski definition) is 4. The molecular weight excluding hydrogens is 244 g/mol. The number of aromatic hydroxyl groups is 2. The number of fused-ring (bicyclic) bond motifs is 2. The molecule has 1 saturated carbocycles. The van der Waals surface area contributed by atoms with Crippen molar-refractivity contribution < 1.29 is 20.1 Å². The maximum absolute atomic E-state index is 12.1. The minimum atomic E-state index is -0.156. The van der Waals surface area contributed by atoms with Gasteiger partial charge in [0.15, 0.2) is 5.78 Å². The Hall–Kier alpha value is -1.97. The molecule has 3 rings (SSSR count). The van der Waals surface area contributed by atoms with Crippen LogP contribution in [0.15, 0.2) is 17.7 Å². The van der Waals surface area contributed by atoms with Crippen molar-refractivity contribution in [3.63, 3.8) is 0 Å². The predicted molar refractivity (Wildman–Crippen MR) is 69.9 cm³/mol. The van der Waals surface area contributed by atoms with Crippen LogP contribution in [0.1, 0.15) is 30.9 Å². The topological polar surface area (TPSA) is 77.8 Å². The number of phenolic OH excluding ortho intramolecular Hbond substituents is 2. The summed E-state index contributed by atoms with van der Waals surface area (Å²) in [5, 5.41) is 30.1. The summed E-state index contributed by atoms with van der Waals surface area (Å²) in [6.07, 6.45) is 1.75. The third-order valence-electron chi connectivity index (χ3n) is 4.14. The molecule has 0 saturated heterocycles. The first-order chi connectivity index (χ1) is 8.99. The van der Waals surface area contributed by atoms with Gasteiger partial charge in [-0.1, -0.05) is 6.92 Å². The number of aliphatic hydroxyl groups excluding tert-OH is 1. The lowest BCUT2D eigenvalue weighted by Gasteiger charge is -2.33. The van der Waals surface area contributed by atoms with E-state index in [9.17, 15) is 20.1 Å². The summed E-state index contributed by atoms with van der Waals surface area (Å²) in [5.74, 6) is -0.00978. The SMILES string of the molecule is CC1CC(=O)C2=C(O)c3c(O)ccc(O)c3CC2C1. The first kappa shape index (κ1) is 12.1. The molecule has 0 aliphatic heterocycles. The summed E-state index contributed by atoms with van der Waals surface area (Å²) >= 11 is 0. The molecule has 4 nitrogen and oxygen atoms in total. The van der Waals surface area contributed by atoms with E-state index in [0.29, 0.717) is 24.0 Å². The van der Waals surface area contributed by atoms with Crippen molar-refractivity contribution in [3.05, 3.63) is 28.8 Å². The Balaban J connectivity index is 2.22. The third kappa shape index (κ3) is 1.70. The van der Waals surface area contributed by atoms with Crippen LogP contribution < -0.4 is 0 Å². The number of rotatable bonds is 0. The van der Waals surface area contributed by atoms with Gasteiger partial charge in [0.05, 0.1) is 5.56 Å². The molecule has 1 fully saturated rings.